The summed E-state index contributed by atoms with van der Waals surface area (Å²) in [6.07, 6.45) is 1.04. The molecule has 1 fully saturated rings. The third-order valence-corrected chi connectivity index (χ3v) is 3.66. The summed E-state index contributed by atoms with van der Waals surface area (Å²) in [4.78, 5) is 49.1. The van der Waals surface area contributed by atoms with Crippen LogP contribution < -0.4 is 0 Å². The fraction of sp³-hybridized carbons (Fsp3) is 0.667. The fourth-order valence-corrected chi connectivity index (χ4v) is 2.48. The molecule has 0 saturated carbocycles. The third-order valence-electron chi connectivity index (χ3n) is 3.66. The molecule has 1 heterocycles. The van der Waals surface area contributed by atoms with Crippen LogP contribution in [0.2, 0.25) is 0 Å². The van der Waals surface area contributed by atoms with Gasteiger partial charge in [-0.15, -0.1) is 0 Å². The second-order valence-electron chi connectivity index (χ2n) is 4.81. The largest absolute Gasteiger partial charge is 0.480 e. The van der Waals surface area contributed by atoms with Crippen molar-refractivity contribution in [3.63, 3.8) is 0 Å². The van der Waals surface area contributed by atoms with Crippen molar-refractivity contribution in [3.8, 4) is 0 Å². The maximum atomic E-state index is 12.2. The molecule has 0 bridgehead atoms. The van der Waals surface area contributed by atoms with Crippen molar-refractivity contribution >= 4 is 23.8 Å². The van der Waals surface area contributed by atoms with Crippen LogP contribution in [0.5, 0.6) is 0 Å². The molecule has 0 spiro atoms. The molecule has 0 aromatic carbocycles. The molecule has 1 atom stereocenters. The van der Waals surface area contributed by atoms with Crippen LogP contribution >= 0.6 is 0 Å². The van der Waals surface area contributed by atoms with Crippen molar-refractivity contribution in [1.82, 2.24) is 9.80 Å². The highest BCUT2D eigenvalue weighted by atomic mass is 16.4. The van der Waals surface area contributed by atoms with Gasteiger partial charge in [0.15, 0.2) is 0 Å². The van der Waals surface area contributed by atoms with Gasteiger partial charge in [0.25, 0.3) is 11.8 Å². The Labute approximate surface area is 111 Å². The predicted molar refractivity (Wildman–Crippen MR) is 65.1 cm³/mol. The SMILES string of the molecule is CCCC(C)C1(C(=O)O)C(=O)N(C)C(=O)N(C)C1=O. The van der Waals surface area contributed by atoms with Gasteiger partial charge in [-0.05, 0) is 12.3 Å². The van der Waals surface area contributed by atoms with Crippen molar-refractivity contribution in [1.29, 1.82) is 0 Å². The number of barbiturate groups is 1. The Morgan fingerprint density at radius 3 is 1.95 bits per heavy atom. The Bertz CT molecular complexity index is 421. The highest BCUT2D eigenvalue weighted by Gasteiger charge is 2.63. The van der Waals surface area contributed by atoms with Crippen LogP contribution in [0.3, 0.4) is 0 Å². The van der Waals surface area contributed by atoms with E-state index >= 15 is 0 Å². The van der Waals surface area contributed by atoms with Gasteiger partial charge in [0.05, 0.1) is 0 Å². The van der Waals surface area contributed by atoms with Gasteiger partial charge >= 0.3 is 12.0 Å². The predicted octanol–water partition coefficient (Wildman–Crippen LogP) is 0.544. The van der Waals surface area contributed by atoms with E-state index in [1.165, 1.54) is 14.1 Å². The van der Waals surface area contributed by atoms with Crippen LogP contribution in [0.15, 0.2) is 0 Å². The Hall–Kier alpha value is -1.92. The number of carboxylic acid groups (broad SMARTS) is 1. The maximum absolute atomic E-state index is 12.2. The average Bonchev–Trinajstić information content (AvgIpc) is 2.34. The number of hydrogen-bond donors (Lipinski definition) is 1. The first-order chi connectivity index (χ1) is 8.72. The van der Waals surface area contributed by atoms with Crippen molar-refractivity contribution < 1.29 is 24.3 Å². The van der Waals surface area contributed by atoms with Gasteiger partial charge in [0, 0.05) is 14.1 Å². The number of carbonyl (C=O) groups excluding carboxylic acids is 3. The fourth-order valence-electron chi connectivity index (χ4n) is 2.48. The second-order valence-corrected chi connectivity index (χ2v) is 4.81. The van der Waals surface area contributed by atoms with E-state index in [2.05, 4.69) is 0 Å². The van der Waals surface area contributed by atoms with E-state index in [4.69, 9.17) is 0 Å². The minimum Gasteiger partial charge on any atom is -0.480 e. The molecule has 0 aromatic rings. The zero-order chi connectivity index (χ0) is 15.0. The van der Waals surface area contributed by atoms with Crippen LogP contribution in [0, 0.1) is 11.3 Å². The smallest absolute Gasteiger partial charge is 0.332 e. The Kier molecular flexibility index (Phi) is 3.97. The number of carboxylic acids is 1. The second kappa shape index (κ2) is 4.99. The molecule has 1 saturated heterocycles. The molecule has 1 unspecified atom stereocenters. The molecule has 1 N–H and O–H groups in total. The van der Waals surface area contributed by atoms with E-state index in [0.29, 0.717) is 22.6 Å². The number of aliphatic carboxylic acids is 1. The van der Waals surface area contributed by atoms with Crippen LogP contribution in [-0.2, 0) is 14.4 Å². The number of rotatable bonds is 4. The molecule has 106 valence electrons. The molecule has 1 rings (SSSR count). The molecule has 1 aliphatic heterocycles. The summed E-state index contributed by atoms with van der Waals surface area (Å²) in [6.45, 7) is 3.38. The number of carbonyl (C=O) groups is 4. The van der Waals surface area contributed by atoms with E-state index in [0.717, 1.165) is 0 Å². The van der Waals surface area contributed by atoms with Crippen LogP contribution in [0.25, 0.3) is 0 Å². The lowest BCUT2D eigenvalue weighted by molar-refractivity contribution is -0.174. The number of hydrogen-bond acceptors (Lipinski definition) is 4. The summed E-state index contributed by atoms with van der Waals surface area (Å²) < 4.78 is 0. The van der Waals surface area contributed by atoms with E-state index < -0.39 is 35.1 Å². The molecule has 4 amide bonds. The standard InChI is InChI=1S/C12H18N2O5/c1-5-6-7(2)12(10(17)18)8(15)13(3)11(19)14(4)9(12)16/h7H,5-6H2,1-4H3,(H,17,18). The zero-order valence-corrected chi connectivity index (χ0v) is 11.5. The first-order valence-electron chi connectivity index (χ1n) is 6.06. The van der Waals surface area contributed by atoms with Gasteiger partial charge in [-0.2, -0.15) is 0 Å². The van der Waals surface area contributed by atoms with Gasteiger partial charge in [-0.25, -0.2) is 4.79 Å². The molecule has 0 radical (unpaired) electrons. The quantitative estimate of drug-likeness (QED) is 0.752. The first-order valence-corrected chi connectivity index (χ1v) is 6.06. The highest BCUT2D eigenvalue weighted by Crippen LogP contribution is 2.38. The van der Waals surface area contributed by atoms with E-state index in [1.807, 2.05) is 6.92 Å². The monoisotopic (exact) mass is 270 g/mol. The number of imide groups is 2. The Morgan fingerprint density at radius 2 is 1.63 bits per heavy atom. The number of urea groups is 1. The van der Waals surface area contributed by atoms with E-state index in [1.54, 1.807) is 6.92 Å². The number of amides is 4. The normalized spacial score (nSPS) is 20.7. The minimum absolute atomic E-state index is 0.402. The van der Waals surface area contributed by atoms with Gasteiger partial charge in [0.1, 0.15) is 0 Å². The molecule has 7 heteroatoms. The zero-order valence-electron chi connectivity index (χ0n) is 11.5. The van der Waals surface area contributed by atoms with Gasteiger partial charge in [0.2, 0.25) is 5.41 Å². The summed E-state index contributed by atoms with van der Waals surface area (Å²) in [5.74, 6) is -4.12. The third kappa shape index (κ3) is 1.89. The Morgan fingerprint density at radius 1 is 1.21 bits per heavy atom. The van der Waals surface area contributed by atoms with Crippen molar-refractivity contribution in [2.45, 2.75) is 26.7 Å². The lowest BCUT2D eigenvalue weighted by Gasteiger charge is -2.41. The molecule has 19 heavy (non-hydrogen) atoms. The molecular weight excluding hydrogens is 252 g/mol. The Balaban J connectivity index is 3.43. The topological polar surface area (TPSA) is 95.0 Å². The summed E-state index contributed by atoms with van der Waals surface area (Å²) in [5, 5.41) is 9.44. The highest BCUT2D eigenvalue weighted by molar-refractivity contribution is 6.28. The molecule has 7 nitrogen and oxygen atoms in total. The van der Waals surface area contributed by atoms with Gasteiger partial charge in [-0.3, -0.25) is 24.2 Å². The summed E-state index contributed by atoms with van der Waals surface area (Å²) >= 11 is 0. The molecular formula is C12H18N2O5. The number of nitrogens with zero attached hydrogens (tertiary/aromatic N) is 2. The van der Waals surface area contributed by atoms with Gasteiger partial charge in [-0.1, -0.05) is 20.3 Å². The summed E-state index contributed by atoms with van der Waals surface area (Å²) in [5.41, 5.74) is -2.20. The maximum Gasteiger partial charge on any atom is 0.332 e. The lowest BCUT2D eigenvalue weighted by atomic mass is 9.71. The molecule has 0 aromatic heterocycles. The lowest BCUT2D eigenvalue weighted by Crippen LogP contribution is -2.67. The first kappa shape index (κ1) is 15.1. The summed E-state index contributed by atoms with van der Waals surface area (Å²) in [6, 6.07) is -0.810. The molecule has 0 aliphatic carbocycles. The van der Waals surface area contributed by atoms with Gasteiger partial charge < -0.3 is 5.11 Å². The molecule has 1 aliphatic rings. The van der Waals surface area contributed by atoms with Crippen LogP contribution in [0.4, 0.5) is 4.79 Å². The minimum atomic E-state index is -2.20. The van der Waals surface area contributed by atoms with Crippen molar-refractivity contribution in [3.05, 3.63) is 0 Å². The van der Waals surface area contributed by atoms with E-state index in [-0.39, 0.29) is 0 Å². The van der Waals surface area contributed by atoms with E-state index in [9.17, 15) is 24.3 Å². The average molecular weight is 270 g/mol. The van der Waals surface area contributed by atoms with Crippen LogP contribution in [-0.4, -0.2) is 52.8 Å². The van der Waals surface area contributed by atoms with Crippen molar-refractivity contribution in [2.24, 2.45) is 11.3 Å². The summed E-state index contributed by atoms with van der Waals surface area (Å²) in [7, 11) is 2.37. The van der Waals surface area contributed by atoms with Crippen molar-refractivity contribution in [2.75, 3.05) is 14.1 Å². The van der Waals surface area contributed by atoms with Crippen LogP contribution in [0.1, 0.15) is 26.7 Å².